The number of anilines is 1. The number of unbranched alkanes of at least 4 members (excludes halogenated alkanes) is 5. The van der Waals surface area contributed by atoms with Crippen molar-refractivity contribution in [2.45, 2.75) is 45.4 Å². The highest BCUT2D eigenvalue weighted by Crippen LogP contribution is 2.12. The molecule has 2 N–H and O–H groups in total. The Morgan fingerprint density at radius 2 is 0.784 bits per heavy atom. The first-order valence-corrected chi connectivity index (χ1v) is 13.9. The highest BCUT2D eigenvalue weighted by molar-refractivity contribution is 5.41. The van der Waals surface area contributed by atoms with Crippen LogP contribution in [0.2, 0.25) is 0 Å². The Labute approximate surface area is 224 Å². The Morgan fingerprint density at radius 3 is 1.22 bits per heavy atom. The predicted molar refractivity (Wildman–Crippen MR) is 145 cm³/mol. The van der Waals surface area contributed by atoms with Crippen molar-refractivity contribution in [3.8, 4) is 5.75 Å². The topological polar surface area (TPSA) is 99.9 Å². The van der Waals surface area contributed by atoms with E-state index in [0.717, 1.165) is 24.5 Å². The molecule has 216 valence electrons. The van der Waals surface area contributed by atoms with Crippen molar-refractivity contribution in [3.63, 3.8) is 0 Å². The Bertz CT molecular complexity index is 576. The van der Waals surface area contributed by atoms with Crippen molar-refractivity contribution in [3.05, 3.63) is 24.3 Å². The summed E-state index contributed by atoms with van der Waals surface area (Å²) in [5, 5.41) is 0. The average molecular weight is 530 g/mol. The molecule has 0 amide bonds. The third kappa shape index (κ3) is 24.6. The van der Waals surface area contributed by atoms with E-state index in [-0.39, 0.29) is 0 Å². The molecule has 0 heterocycles. The number of rotatable bonds is 29. The summed E-state index contributed by atoms with van der Waals surface area (Å²) in [5.74, 6) is 0.781. The third-order valence-electron chi connectivity index (χ3n) is 5.25. The maximum absolute atomic E-state index is 5.63. The normalized spacial score (nSPS) is 11.3. The molecule has 9 heteroatoms. The summed E-state index contributed by atoms with van der Waals surface area (Å²) in [4.78, 5) is 0. The zero-order valence-corrected chi connectivity index (χ0v) is 23.0. The van der Waals surface area contributed by atoms with Gasteiger partial charge in [-0.05, 0) is 30.7 Å². The fourth-order valence-electron chi connectivity index (χ4n) is 3.19. The summed E-state index contributed by atoms with van der Waals surface area (Å²) in [6.07, 6.45) is 7.70. The molecule has 9 nitrogen and oxygen atoms in total. The first-order chi connectivity index (χ1) is 18.3. The smallest absolute Gasteiger partial charge is 0.119 e. The number of ether oxygens (including phenoxy) is 8. The minimum absolute atomic E-state index is 0.487. The molecule has 0 aromatic heterocycles. The summed E-state index contributed by atoms with van der Waals surface area (Å²) < 4.78 is 44.0. The summed E-state index contributed by atoms with van der Waals surface area (Å²) in [6, 6.07) is 7.29. The molecule has 0 atom stereocenters. The van der Waals surface area contributed by atoms with Crippen LogP contribution >= 0.6 is 0 Å². The van der Waals surface area contributed by atoms with Gasteiger partial charge in [-0.1, -0.05) is 39.0 Å². The minimum Gasteiger partial charge on any atom is -0.491 e. The van der Waals surface area contributed by atoms with Crippen LogP contribution in [-0.4, -0.2) is 99.1 Å². The van der Waals surface area contributed by atoms with E-state index >= 15 is 0 Å². The molecule has 0 aliphatic rings. The van der Waals surface area contributed by atoms with Gasteiger partial charge in [-0.3, -0.25) is 0 Å². The monoisotopic (exact) mass is 529 g/mol. The highest BCUT2D eigenvalue weighted by atomic mass is 16.6. The van der Waals surface area contributed by atoms with E-state index in [0.29, 0.717) is 92.5 Å². The first kappa shape index (κ1) is 33.6. The Morgan fingerprint density at radius 1 is 0.432 bits per heavy atom. The molecule has 0 aliphatic carbocycles. The van der Waals surface area contributed by atoms with Crippen molar-refractivity contribution in [1.82, 2.24) is 0 Å². The lowest BCUT2D eigenvalue weighted by molar-refractivity contribution is -0.0213. The molecule has 1 aromatic carbocycles. The van der Waals surface area contributed by atoms with Crippen LogP contribution in [0.15, 0.2) is 24.3 Å². The Kier molecular flexibility index (Phi) is 25.0. The van der Waals surface area contributed by atoms with Gasteiger partial charge in [0.1, 0.15) is 12.4 Å². The third-order valence-corrected chi connectivity index (χ3v) is 5.25. The van der Waals surface area contributed by atoms with Gasteiger partial charge in [0.25, 0.3) is 0 Å². The van der Waals surface area contributed by atoms with Crippen molar-refractivity contribution in [1.29, 1.82) is 0 Å². The molecule has 0 bridgehead atoms. The quantitative estimate of drug-likeness (QED) is 0.121. The van der Waals surface area contributed by atoms with Crippen LogP contribution in [0.4, 0.5) is 5.69 Å². The lowest BCUT2D eigenvalue weighted by atomic mass is 10.1. The van der Waals surface area contributed by atoms with Gasteiger partial charge in [-0.2, -0.15) is 0 Å². The number of hydrogen-bond acceptors (Lipinski definition) is 9. The number of benzene rings is 1. The van der Waals surface area contributed by atoms with E-state index in [4.69, 9.17) is 43.6 Å². The van der Waals surface area contributed by atoms with Crippen molar-refractivity contribution in [2.75, 3.05) is 105 Å². The molecular formula is C28H51NO8. The van der Waals surface area contributed by atoms with Gasteiger partial charge in [-0.15, -0.1) is 0 Å². The van der Waals surface area contributed by atoms with Gasteiger partial charge in [0.05, 0.1) is 85.9 Å². The van der Waals surface area contributed by atoms with Gasteiger partial charge in [0.2, 0.25) is 0 Å². The zero-order chi connectivity index (χ0) is 26.5. The van der Waals surface area contributed by atoms with Crippen LogP contribution in [0.3, 0.4) is 0 Å². The maximum atomic E-state index is 5.63. The van der Waals surface area contributed by atoms with E-state index in [1.165, 1.54) is 32.1 Å². The van der Waals surface area contributed by atoms with Gasteiger partial charge >= 0.3 is 0 Å². The van der Waals surface area contributed by atoms with E-state index in [1.54, 1.807) is 12.1 Å². The number of nitrogens with two attached hydrogens (primary N) is 1. The fraction of sp³-hybridized carbons (Fsp3) is 0.786. The van der Waals surface area contributed by atoms with Crippen molar-refractivity contribution >= 4 is 5.69 Å². The van der Waals surface area contributed by atoms with E-state index in [9.17, 15) is 0 Å². The largest absolute Gasteiger partial charge is 0.491 e. The fourth-order valence-corrected chi connectivity index (χ4v) is 3.19. The number of hydrogen-bond donors (Lipinski definition) is 1. The van der Waals surface area contributed by atoms with Gasteiger partial charge in [-0.25, -0.2) is 0 Å². The molecule has 0 saturated carbocycles. The van der Waals surface area contributed by atoms with Crippen molar-refractivity contribution in [2.24, 2.45) is 0 Å². The second-order valence-corrected chi connectivity index (χ2v) is 8.47. The van der Waals surface area contributed by atoms with Crippen molar-refractivity contribution < 1.29 is 37.9 Å². The van der Waals surface area contributed by atoms with Gasteiger partial charge in [0, 0.05) is 12.3 Å². The Balaban J connectivity index is 1.64. The average Bonchev–Trinajstić information content (AvgIpc) is 2.91. The Hall–Kier alpha value is -1.46. The van der Waals surface area contributed by atoms with Crippen LogP contribution in [0.1, 0.15) is 45.4 Å². The lowest BCUT2D eigenvalue weighted by Gasteiger charge is -2.09. The van der Waals surface area contributed by atoms with Crippen LogP contribution < -0.4 is 10.5 Å². The molecule has 1 aromatic rings. The lowest BCUT2D eigenvalue weighted by Crippen LogP contribution is -2.15. The van der Waals surface area contributed by atoms with E-state index < -0.39 is 0 Å². The molecular weight excluding hydrogens is 478 g/mol. The predicted octanol–water partition coefficient (Wildman–Crippen LogP) is 4.12. The van der Waals surface area contributed by atoms with Gasteiger partial charge < -0.3 is 43.6 Å². The van der Waals surface area contributed by atoms with Crippen LogP contribution in [0.25, 0.3) is 0 Å². The molecule has 0 fully saturated rings. The van der Waals surface area contributed by atoms with Crippen LogP contribution in [-0.2, 0) is 33.2 Å². The molecule has 0 radical (unpaired) electrons. The summed E-state index contributed by atoms with van der Waals surface area (Å²) in [5.41, 5.74) is 6.35. The number of nitrogen functional groups attached to an aromatic ring is 1. The SMILES string of the molecule is CCCCCCCCOCCOCCOCCOCCOCCOCCOCCOc1ccc(N)cc1. The van der Waals surface area contributed by atoms with Gasteiger partial charge in [0.15, 0.2) is 0 Å². The molecule has 0 aliphatic heterocycles. The molecule has 0 unspecified atom stereocenters. The molecule has 0 spiro atoms. The molecule has 0 saturated heterocycles. The minimum atomic E-state index is 0.487. The molecule has 37 heavy (non-hydrogen) atoms. The maximum Gasteiger partial charge on any atom is 0.119 e. The summed E-state index contributed by atoms with van der Waals surface area (Å²) in [7, 11) is 0. The second-order valence-electron chi connectivity index (χ2n) is 8.47. The zero-order valence-electron chi connectivity index (χ0n) is 23.0. The van der Waals surface area contributed by atoms with E-state index in [1.807, 2.05) is 12.1 Å². The van der Waals surface area contributed by atoms with Crippen LogP contribution in [0.5, 0.6) is 5.75 Å². The van der Waals surface area contributed by atoms with E-state index in [2.05, 4.69) is 6.92 Å². The standard InChI is InChI=1S/C28H51NO8/c1-2-3-4-5-6-7-12-30-13-14-31-15-16-32-17-18-33-19-20-34-21-22-35-23-24-36-25-26-37-28-10-8-27(29)9-11-28/h8-11H,2-7,12-26,29H2,1H3. The summed E-state index contributed by atoms with van der Waals surface area (Å²) >= 11 is 0. The second kappa shape index (κ2) is 27.6. The highest BCUT2D eigenvalue weighted by Gasteiger charge is 1.96. The summed E-state index contributed by atoms with van der Waals surface area (Å²) in [6.45, 7) is 10.7. The van der Waals surface area contributed by atoms with Crippen LogP contribution in [0, 0.1) is 0 Å². The molecule has 1 rings (SSSR count). The first-order valence-electron chi connectivity index (χ1n) is 13.9.